The molecule has 0 aliphatic carbocycles. The van der Waals surface area contributed by atoms with Crippen molar-refractivity contribution in [1.29, 1.82) is 0 Å². The molecule has 2 rings (SSSR count). The van der Waals surface area contributed by atoms with Crippen molar-refractivity contribution >= 4 is 5.91 Å². The van der Waals surface area contributed by atoms with Crippen molar-refractivity contribution in [2.45, 2.75) is 45.3 Å². The molecule has 0 spiro atoms. The van der Waals surface area contributed by atoms with Crippen LogP contribution >= 0.6 is 0 Å². The monoisotopic (exact) mass is 303 g/mol. The third-order valence-corrected chi connectivity index (χ3v) is 3.87. The Morgan fingerprint density at radius 1 is 1.48 bits per heavy atom. The summed E-state index contributed by atoms with van der Waals surface area (Å²) < 4.78 is 38.5. The van der Waals surface area contributed by atoms with Crippen LogP contribution in [0.3, 0.4) is 0 Å². The number of halogens is 3. The predicted molar refractivity (Wildman–Crippen MR) is 71.6 cm³/mol. The summed E-state index contributed by atoms with van der Waals surface area (Å²) in [5.41, 5.74) is 0. The van der Waals surface area contributed by atoms with Crippen LogP contribution in [0.15, 0.2) is 12.4 Å². The smallest absolute Gasteiger partial charge is 0.342 e. The average Bonchev–Trinajstić information content (AvgIpc) is 2.81. The van der Waals surface area contributed by atoms with Gasteiger partial charge in [-0.1, -0.05) is 0 Å². The molecule has 0 bridgehead atoms. The Labute approximate surface area is 121 Å². The highest BCUT2D eigenvalue weighted by atomic mass is 19.4. The number of amides is 1. The van der Waals surface area contributed by atoms with Crippen LogP contribution in [0.4, 0.5) is 13.2 Å². The molecule has 21 heavy (non-hydrogen) atoms. The standard InChI is InChI=1S/C14H20F3N3O/c1-11-18-6-8-19(11)9-12-3-2-7-20(10-12)13(21)4-5-14(15,16)17/h6,8,12H,2-5,7,9-10H2,1H3/t12-/m1/s1. The minimum atomic E-state index is -4.27. The van der Waals surface area contributed by atoms with Crippen molar-refractivity contribution in [2.24, 2.45) is 5.92 Å². The molecule has 1 atom stereocenters. The zero-order valence-electron chi connectivity index (χ0n) is 12.1. The van der Waals surface area contributed by atoms with Crippen LogP contribution in [0.25, 0.3) is 0 Å². The number of nitrogens with zero attached hydrogens (tertiary/aromatic N) is 3. The van der Waals surface area contributed by atoms with Crippen molar-refractivity contribution in [1.82, 2.24) is 14.5 Å². The second-order valence-electron chi connectivity index (χ2n) is 5.59. The van der Waals surface area contributed by atoms with Crippen molar-refractivity contribution in [2.75, 3.05) is 13.1 Å². The summed E-state index contributed by atoms with van der Waals surface area (Å²) in [5.74, 6) is 0.802. The first-order chi connectivity index (χ1) is 9.85. The Balaban J connectivity index is 1.85. The van der Waals surface area contributed by atoms with Crippen molar-refractivity contribution in [3.63, 3.8) is 0 Å². The van der Waals surface area contributed by atoms with Crippen molar-refractivity contribution in [3.05, 3.63) is 18.2 Å². The number of imidazole rings is 1. The highest BCUT2D eigenvalue weighted by Crippen LogP contribution is 2.24. The Hall–Kier alpha value is -1.53. The SMILES string of the molecule is Cc1nccn1C[C@H]1CCCN(C(=O)CCC(F)(F)F)C1. The fourth-order valence-electron chi connectivity index (χ4n) is 2.72. The highest BCUT2D eigenvalue weighted by Gasteiger charge is 2.30. The lowest BCUT2D eigenvalue weighted by molar-refractivity contribution is -0.150. The first kappa shape index (κ1) is 15.9. The van der Waals surface area contributed by atoms with E-state index in [1.807, 2.05) is 17.7 Å². The molecule has 0 radical (unpaired) electrons. The van der Waals surface area contributed by atoms with Crippen molar-refractivity contribution in [3.8, 4) is 0 Å². The van der Waals surface area contributed by atoms with Gasteiger partial charge in [0.05, 0.1) is 6.42 Å². The van der Waals surface area contributed by atoms with Gasteiger partial charge >= 0.3 is 6.18 Å². The first-order valence-corrected chi connectivity index (χ1v) is 7.17. The number of aryl methyl sites for hydroxylation is 1. The molecule has 1 aliphatic rings. The molecule has 7 heteroatoms. The number of carbonyl (C=O) groups is 1. The van der Waals surface area contributed by atoms with Gasteiger partial charge in [-0.05, 0) is 25.7 Å². The van der Waals surface area contributed by atoms with Crippen LogP contribution in [0.1, 0.15) is 31.5 Å². The van der Waals surface area contributed by atoms with Gasteiger partial charge in [0.15, 0.2) is 0 Å². The minimum absolute atomic E-state index is 0.279. The van der Waals surface area contributed by atoms with Crippen molar-refractivity contribution < 1.29 is 18.0 Å². The van der Waals surface area contributed by atoms with E-state index in [2.05, 4.69) is 4.98 Å². The van der Waals surface area contributed by atoms with E-state index in [1.54, 1.807) is 11.1 Å². The molecule has 4 nitrogen and oxygen atoms in total. The number of aromatic nitrogens is 2. The van der Waals surface area contributed by atoms with Gasteiger partial charge in [0, 0.05) is 38.4 Å². The second kappa shape index (κ2) is 6.49. The number of carbonyl (C=O) groups excluding carboxylic acids is 1. The molecule has 2 heterocycles. The lowest BCUT2D eigenvalue weighted by Gasteiger charge is -2.33. The lowest BCUT2D eigenvalue weighted by Crippen LogP contribution is -2.41. The van der Waals surface area contributed by atoms with E-state index >= 15 is 0 Å². The minimum Gasteiger partial charge on any atom is -0.342 e. The number of hydrogen-bond acceptors (Lipinski definition) is 2. The van der Waals surface area contributed by atoms with Gasteiger partial charge in [-0.2, -0.15) is 13.2 Å². The Bertz CT molecular complexity index is 484. The van der Waals surface area contributed by atoms with Gasteiger partial charge in [-0.15, -0.1) is 0 Å². The summed E-state index contributed by atoms with van der Waals surface area (Å²) in [6.45, 7) is 3.77. The van der Waals surface area contributed by atoms with Crippen LogP contribution in [-0.2, 0) is 11.3 Å². The van der Waals surface area contributed by atoms with Crippen LogP contribution < -0.4 is 0 Å². The lowest BCUT2D eigenvalue weighted by atomic mass is 9.97. The van der Waals surface area contributed by atoms with E-state index in [1.165, 1.54) is 0 Å². The maximum atomic E-state index is 12.2. The molecular formula is C14H20F3N3O. The fraction of sp³-hybridized carbons (Fsp3) is 0.714. The predicted octanol–water partition coefficient (Wildman–Crippen LogP) is 2.77. The molecule has 0 saturated carbocycles. The number of piperidine rings is 1. The quantitative estimate of drug-likeness (QED) is 0.858. The zero-order valence-corrected chi connectivity index (χ0v) is 12.1. The maximum absolute atomic E-state index is 12.2. The van der Waals surface area contributed by atoms with Gasteiger partial charge in [-0.25, -0.2) is 4.98 Å². The molecule has 0 unspecified atom stereocenters. The van der Waals surface area contributed by atoms with Crippen LogP contribution in [0.5, 0.6) is 0 Å². The van der Waals surface area contributed by atoms with Crippen LogP contribution in [-0.4, -0.2) is 39.6 Å². The molecule has 0 aromatic carbocycles. The number of likely N-dealkylation sites (tertiary alicyclic amines) is 1. The molecular weight excluding hydrogens is 283 g/mol. The zero-order chi connectivity index (χ0) is 15.5. The van der Waals surface area contributed by atoms with Gasteiger partial charge in [0.25, 0.3) is 0 Å². The number of alkyl halides is 3. The van der Waals surface area contributed by atoms with E-state index in [4.69, 9.17) is 0 Å². The highest BCUT2D eigenvalue weighted by molar-refractivity contribution is 5.76. The van der Waals surface area contributed by atoms with Crippen LogP contribution in [0, 0.1) is 12.8 Å². The Morgan fingerprint density at radius 2 is 2.24 bits per heavy atom. The Morgan fingerprint density at radius 3 is 2.86 bits per heavy atom. The van der Waals surface area contributed by atoms with E-state index in [0.717, 1.165) is 25.2 Å². The van der Waals surface area contributed by atoms with Gasteiger partial charge < -0.3 is 9.47 Å². The molecule has 1 saturated heterocycles. The third kappa shape index (κ3) is 4.75. The van der Waals surface area contributed by atoms with Crippen LogP contribution in [0.2, 0.25) is 0 Å². The summed E-state index contributed by atoms with van der Waals surface area (Å²) in [6.07, 6.45) is -0.298. The van der Waals surface area contributed by atoms with Gasteiger partial charge in [0.1, 0.15) is 5.82 Å². The fourth-order valence-corrected chi connectivity index (χ4v) is 2.72. The van der Waals surface area contributed by atoms with E-state index in [-0.39, 0.29) is 11.8 Å². The maximum Gasteiger partial charge on any atom is 0.389 e. The second-order valence-corrected chi connectivity index (χ2v) is 5.59. The molecule has 1 aromatic rings. The number of rotatable bonds is 4. The summed E-state index contributed by atoms with van der Waals surface area (Å²) in [4.78, 5) is 17.6. The molecule has 1 aliphatic heterocycles. The summed E-state index contributed by atoms with van der Waals surface area (Å²) in [5, 5.41) is 0. The van der Waals surface area contributed by atoms with Gasteiger partial charge in [-0.3, -0.25) is 4.79 Å². The average molecular weight is 303 g/mol. The summed E-state index contributed by atoms with van der Waals surface area (Å²) in [7, 11) is 0. The topological polar surface area (TPSA) is 38.1 Å². The third-order valence-electron chi connectivity index (χ3n) is 3.87. The molecule has 0 N–H and O–H groups in total. The van der Waals surface area contributed by atoms with E-state index in [0.29, 0.717) is 13.1 Å². The van der Waals surface area contributed by atoms with E-state index < -0.39 is 19.0 Å². The number of hydrogen-bond donors (Lipinski definition) is 0. The largest absolute Gasteiger partial charge is 0.389 e. The van der Waals surface area contributed by atoms with Gasteiger partial charge in [0.2, 0.25) is 5.91 Å². The molecule has 1 amide bonds. The molecule has 1 fully saturated rings. The van der Waals surface area contributed by atoms with E-state index in [9.17, 15) is 18.0 Å². The Kier molecular flexibility index (Phi) is 4.90. The normalized spacial score (nSPS) is 19.8. The first-order valence-electron chi connectivity index (χ1n) is 7.17. The molecule has 118 valence electrons. The summed E-state index contributed by atoms with van der Waals surface area (Å²) >= 11 is 0. The summed E-state index contributed by atoms with van der Waals surface area (Å²) in [6, 6.07) is 0. The molecule has 1 aromatic heterocycles.